The molecule has 0 aliphatic rings. The van der Waals surface area contributed by atoms with Gasteiger partial charge < -0.3 is 25.8 Å². The first kappa shape index (κ1) is 28.1. The van der Waals surface area contributed by atoms with Gasteiger partial charge in [-0.15, -0.1) is 0 Å². The first-order valence-corrected chi connectivity index (χ1v) is 13.7. The maximum atomic E-state index is 4.99. The minimum atomic E-state index is -2.28. The van der Waals surface area contributed by atoms with Gasteiger partial charge in [0.25, 0.3) is 0 Å². The highest BCUT2D eigenvalue weighted by molar-refractivity contribution is 8.51. The average Bonchev–Trinajstić information content (AvgIpc) is 2.48. The third kappa shape index (κ3) is 27.2. The summed E-state index contributed by atoms with van der Waals surface area (Å²) in [5, 5.41) is 0. The van der Waals surface area contributed by atoms with Crippen LogP contribution in [0, 0.1) is 0 Å². The van der Waals surface area contributed by atoms with Gasteiger partial charge in [0.15, 0.2) is 0 Å². The predicted octanol–water partition coefficient (Wildman–Crippen LogP) is 6.44. The van der Waals surface area contributed by atoms with Crippen molar-refractivity contribution in [2.45, 2.75) is 85.0 Å². The van der Waals surface area contributed by atoms with Crippen LogP contribution in [0.4, 0.5) is 0 Å². The summed E-state index contributed by atoms with van der Waals surface area (Å²) in [7, 11) is 6.86. The van der Waals surface area contributed by atoms with E-state index in [1.54, 1.807) is 0 Å². The third-order valence-electron chi connectivity index (χ3n) is 3.76. The molecule has 0 saturated carbocycles. The zero-order valence-electron chi connectivity index (χ0n) is 17.7. The Morgan fingerprint density at radius 1 is 0.720 bits per heavy atom. The van der Waals surface area contributed by atoms with Crippen LogP contribution in [0.15, 0.2) is 0 Å². The number of hydrogen-bond acceptors (Lipinski definition) is 4. The molecule has 6 heteroatoms. The molecule has 0 atom stereocenters. The van der Waals surface area contributed by atoms with Crippen LogP contribution in [0.2, 0.25) is 0 Å². The fourth-order valence-corrected chi connectivity index (χ4v) is 4.40. The molecule has 0 aromatic heterocycles. The van der Waals surface area contributed by atoms with Crippen LogP contribution in [-0.2, 0) is 33.1 Å². The number of nitrogens with zero attached hydrogens (tertiary/aromatic N) is 1. The van der Waals surface area contributed by atoms with Crippen molar-refractivity contribution in [3.63, 3.8) is 0 Å². The van der Waals surface area contributed by atoms with Crippen LogP contribution in [0.5, 0.6) is 0 Å². The van der Waals surface area contributed by atoms with Crippen molar-refractivity contribution in [2.24, 2.45) is 0 Å². The molecule has 0 amide bonds. The molecule has 3 nitrogen and oxygen atoms in total. The number of unbranched alkanes of at least 4 members (excludes halogenated alkanes) is 9. The minimum Gasteiger partial charge on any atom is -0.691 e. The first-order valence-electron chi connectivity index (χ1n) is 10.1. The van der Waals surface area contributed by atoms with Gasteiger partial charge in [0, 0.05) is 13.2 Å². The second-order valence-corrected chi connectivity index (χ2v) is 12.5. The Bertz CT molecular complexity index is 313. The highest BCUT2D eigenvalue weighted by atomic mass is 32.9. The molecule has 0 fully saturated rings. The Kier molecular flexibility index (Phi) is 20.5. The fourth-order valence-electron chi connectivity index (χ4n) is 2.43. The topological polar surface area (TPSA) is 18.5 Å². The van der Waals surface area contributed by atoms with Gasteiger partial charge in [-0.1, -0.05) is 70.1 Å². The van der Waals surface area contributed by atoms with Crippen molar-refractivity contribution in [1.29, 1.82) is 0 Å². The monoisotopic (exact) mass is 413 g/mol. The fraction of sp³-hybridized carbons (Fsp3) is 1.00. The molecule has 0 bridgehead atoms. The molecular formula is C19H44NO2PS2. The number of quaternary nitrogens is 1. The van der Waals surface area contributed by atoms with Crippen molar-refractivity contribution >= 4 is 29.7 Å². The highest BCUT2D eigenvalue weighted by Crippen LogP contribution is 2.45. The van der Waals surface area contributed by atoms with E-state index in [0.717, 1.165) is 4.48 Å². The van der Waals surface area contributed by atoms with Crippen LogP contribution >= 0.6 is 5.69 Å². The Morgan fingerprint density at radius 2 is 1.08 bits per heavy atom. The summed E-state index contributed by atoms with van der Waals surface area (Å²) in [5.41, 5.74) is -2.28. The van der Waals surface area contributed by atoms with Crippen molar-refractivity contribution in [2.75, 3.05) is 40.9 Å². The lowest BCUT2D eigenvalue weighted by Crippen LogP contribution is -2.35. The summed E-state index contributed by atoms with van der Waals surface area (Å²) in [4.78, 5) is 0. The molecule has 0 N–H and O–H groups in total. The van der Waals surface area contributed by atoms with Gasteiger partial charge in [-0.3, -0.25) is 0 Å². The maximum Gasteiger partial charge on any atom is 0.0780 e. The first-order chi connectivity index (χ1) is 11.7. The van der Waals surface area contributed by atoms with E-state index in [0.29, 0.717) is 13.2 Å². The third-order valence-corrected chi connectivity index (χ3v) is 6.17. The second kappa shape index (κ2) is 18.3. The van der Waals surface area contributed by atoms with Gasteiger partial charge in [-0.25, -0.2) is 0 Å². The second-order valence-electron chi connectivity index (χ2n) is 7.48. The SMILES string of the molecule is CCCCCCCCCCCC[N+](C)(C)C.CCOP(=S)([S-])OCC. The highest BCUT2D eigenvalue weighted by Gasteiger charge is 2.04. The van der Waals surface area contributed by atoms with E-state index in [-0.39, 0.29) is 0 Å². The lowest BCUT2D eigenvalue weighted by atomic mass is 10.1. The molecule has 0 rings (SSSR count). The molecule has 0 unspecified atom stereocenters. The molecular weight excluding hydrogens is 369 g/mol. The average molecular weight is 414 g/mol. The molecule has 154 valence electrons. The van der Waals surface area contributed by atoms with Crippen LogP contribution in [-0.4, -0.2) is 45.4 Å². The lowest BCUT2D eigenvalue weighted by molar-refractivity contribution is -0.870. The largest absolute Gasteiger partial charge is 0.691 e. The van der Waals surface area contributed by atoms with Crippen molar-refractivity contribution in [3.8, 4) is 0 Å². The quantitative estimate of drug-likeness (QED) is 0.133. The van der Waals surface area contributed by atoms with Crippen molar-refractivity contribution in [1.82, 2.24) is 0 Å². The smallest absolute Gasteiger partial charge is 0.0780 e. The minimum absolute atomic E-state index is 0.542. The summed E-state index contributed by atoms with van der Waals surface area (Å²) in [5.74, 6) is 0. The van der Waals surface area contributed by atoms with E-state index >= 15 is 0 Å². The van der Waals surface area contributed by atoms with Gasteiger partial charge in [0.05, 0.1) is 33.4 Å². The van der Waals surface area contributed by atoms with E-state index in [1.165, 1.54) is 70.8 Å². The Balaban J connectivity index is 0. The zero-order chi connectivity index (χ0) is 19.6. The van der Waals surface area contributed by atoms with Crippen molar-refractivity contribution in [3.05, 3.63) is 0 Å². The van der Waals surface area contributed by atoms with Crippen LogP contribution < -0.4 is 0 Å². The summed E-state index contributed by atoms with van der Waals surface area (Å²) >= 11 is 9.65. The number of rotatable bonds is 15. The summed E-state index contributed by atoms with van der Waals surface area (Å²) in [6.07, 6.45) is 14.4. The molecule has 0 aromatic carbocycles. The Morgan fingerprint density at radius 3 is 1.40 bits per heavy atom. The maximum absolute atomic E-state index is 4.99. The zero-order valence-corrected chi connectivity index (χ0v) is 20.2. The van der Waals surface area contributed by atoms with Crippen LogP contribution in [0.1, 0.15) is 85.0 Å². The van der Waals surface area contributed by atoms with E-state index in [2.05, 4.69) is 28.1 Å². The Labute approximate surface area is 169 Å². The van der Waals surface area contributed by atoms with E-state index in [1.807, 2.05) is 13.8 Å². The van der Waals surface area contributed by atoms with Crippen LogP contribution in [0.25, 0.3) is 0 Å². The number of hydrogen-bond donors (Lipinski definition) is 0. The van der Waals surface area contributed by atoms with Gasteiger partial charge in [0.2, 0.25) is 0 Å². The lowest BCUT2D eigenvalue weighted by Gasteiger charge is -2.26. The Hall–Kier alpha value is 0.880. The van der Waals surface area contributed by atoms with Crippen molar-refractivity contribution < 1.29 is 13.5 Å². The molecule has 0 saturated heterocycles. The van der Waals surface area contributed by atoms with Gasteiger partial charge in [0.1, 0.15) is 0 Å². The van der Waals surface area contributed by atoms with E-state index in [9.17, 15) is 0 Å². The van der Waals surface area contributed by atoms with E-state index < -0.39 is 5.69 Å². The van der Waals surface area contributed by atoms with Crippen LogP contribution in [0.3, 0.4) is 0 Å². The van der Waals surface area contributed by atoms with Gasteiger partial charge >= 0.3 is 0 Å². The summed E-state index contributed by atoms with van der Waals surface area (Å²) in [6, 6.07) is 0. The standard InChI is InChI=1S/C15H34N.C4H11O2PS2/c1-5-6-7-8-9-10-11-12-13-14-15-16(2,3)4;1-3-5-7(8,9)6-4-2/h5-15H2,1-4H3;3-4H2,1-2H3,(H,8,9)/q+1;/p-1. The molecule has 0 aromatic rings. The van der Waals surface area contributed by atoms with Gasteiger partial charge in [-0.05, 0) is 26.7 Å². The summed E-state index contributed by atoms with van der Waals surface area (Å²) < 4.78 is 11.1. The molecule has 0 aliphatic carbocycles. The predicted molar refractivity (Wildman–Crippen MR) is 120 cm³/mol. The molecule has 0 spiro atoms. The molecule has 25 heavy (non-hydrogen) atoms. The van der Waals surface area contributed by atoms with Gasteiger partial charge in [-0.2, -0.15) is 0 Å². The molecule has 0 radical (unpaired) electrons. The molecule has 0 heterocycles. The molecule has 0 aliphatic heterocycles. The summed E-state index contributed by atoms with van der Waals surface area (Å²) in [6.45, 7) is 8.41. The van der Waals surface area contributed by atoms with E-state index in [4.69, 9.17) is 33.1 Å². The normalized spacial score (nSPS) is 12.0.